The summed E-state index contributed by atoms with van der Waals surface area (Å²) in [6.45, 7) is 1.14. The Labute approximate surface area is 111 Å². The van der Waals surface area contributed by atoms with Crippen molar-refractivity contribution in [2.45, 2.75) is 12.5 Å². The van der Waals surface area contributed by atoms with E-state index in [1.807, 2.05) is 12.4 Å². The predicted octanol–water partition coefficient (Wildman–Crippen LogP) is 1.77. The normalized spacial score (nSPS) is 18.4. The van der Waals surface area contributed by atoms with Crippen molar-refractivity contribution in [3.63, 3.8) is 0 Å². The average molecular weight is 250 g/mol. The molecule has 0 fully saturated rings. The van der Waals surface area contributed by atoms with Crippen molar-refractivity contribution in [1.82, 2.24) is 9.97 Å². The molecule has 3 nitrogen and oxygen atoms in total. The lowest BCUT2D eigenvalue weighted by Gasteiger charge is -2.21. The van der Waals surface area contributed by atoms with Crippen LogP contribution in [0.25, 0.3) is 10.9 Å². The van der Waals surface area contributed by atoms with E-state index < -0.39 is 0 Å². The lowest BCUT2D eigenvalue weighted by Crippen LogP contribution is -2.87. The lowest BCUT2D eigenvalue weighted by molar-refractivity contribution is -0.690. The molecule has 1 aliphatic rings. The molecule has 2 aromatic heterocycles. The Morgan fingerprint density at radius 2 is 1.95 bits per heavy atom. The smallest absolute Gasteiger partial charge is 0.153 e. The minimum absolute atomic E-state index is 0.374. The maximum Gasteiger partial charge on any atom is 0.153 e. The number of H-pyrrole nitrogens is 1. The van der Waals surface area contributed by atoms with E-state index in [-0.39, 0.29) is 0 Å². The highest BCUT2D eigenvalue weighted by atomic mass is 15.0. The molecule has 0 saturated carbocycles. The zero-order valence-electron chi connectivity index (χ0n) is 10.6. The number of nitrogens with zero attached hydrogens (tertiary/aromatic N) is 1. The van der Waals surface area contributed by atoms with Crippen molar-refractivity contribution < 1.29 is 5.32 Å². The Morgan fingerprint density at radius 1 is 1.11 bits per heavy atom. The number of aromatic nitrogens is 2. The van der Waals surface area contributed by atoms with Crippen LogP contribution in [0.15, 0.2) is 48.8 Å². The summed E-state index contributed by atoms with van der Waals surface area (Å²) in [5.41, 5.74) is 5.42. The molecule has 4 rings (SSSR count). The van der Waals surface area contributed by atoms with E-state index >= 15 is 0 Å². The standard InChI is InChI=1S/C16H15N3/c1-2-4-14-12(3-1)13-7-10-18-15(16(13)19-14)11-5-8-17-9-6-11/h1-6,8-9,15,18-19H,7,10H2/p+1/t15-/m1/s1. The molecular formula is C16H16N3+. The second-order valence-corrected chi connectivity index (χ2v) is 5.10. The number of benzene rings is 1. The van der Waals surface area contributed by atoms with Gasteiger partial charge in [0.15, 0.2) is 6.04 Å². The van der Waals surface area contributed by atoms with Crippen LogP contribution in [0.1, 0.15) is 22.9 Å². The molecule has 94 valence electrons. The molecule has 0 aliphatic carbocycles. The van der Waals surface area contributed by atoms with Gasteiger partial charge in [-0.2, -0.15) is 0 Å². The summed E-state index contributed by atoms with van der Waals surface area (Å²) in [5.74, 6) is 0. The second kappa shape index (κ2) is 4.21. The predicted molar refractivity (Wildman–Crippen MR) is 74.9 cm³/mol. The first-order chi connectivity index (χ1) is 9.43. The Bertz CT molecular complexity index is 715. The van der Waals surface area contributed by atoms with Gasteiger partial charge in [0.1, 0.15) is 0 Å². The van der Waals surface area contributed by atoms with Gasteiger partial charge in [-0.15, -0.1) is 0 Å². The van der Waals surface area contributed by atoms with Gasteiger partial charge in [-0.3, -0.25) is 4.98 Å². The van der Waals surface area contributed by atoms with Gasteiger partial charge in [0.25, 0.3) is 0 Å². The summed E-state index contributed by atoms with van der Waals surface area (Å²) in [4.78, 5) is 7.73. The van der Waals surface area contributed by atoms with Crippen LogP contribution in [0.3, 0.4) is 0 Å². The van der Waals surface area contributed by atoms with Crippen LogP contribution in [0.2, 0.25) is 0 Å². The van der Waals surface area contributed by atoms with E-state index in [0.29, 0.717) is 6.04 Å². The molecular weight excluding hydrogens is 234 g/mol. The Hall–Kier alpha value is -2.13. The van der Waals surface area contributed by atoms with Gasteiger partial charge < -0.3 is 10.3 Å². The van der Waals surface area contributed by atoms with E-state index in [2.05, 4.69) is 51.7 Å². The monoisotopic (exact) mass is 250 g/mol. The molecule has 3 heterocycles. The van der Waals surface area contributed by atoms with Crippen LogP contribution in [0, 0.1) is 0 Å². The third kappa shape index (κ3) is 1.66. The van der Waals surface area contributed by atoms with Gasteiger partial charge >= 0.3 is 0 Å². The number of rotatable bonds is 1. The molecule has 0 bridgehead atoms. The number of nitrogens with one attached hydrogen (secondary N) is 1. The highest BCUT2D eigenvalue weighted by molar-refractivity contribution is 5.85. The van der Waals surface area contributed by atoms with Gasteiger partial charge in [-0.05, 0) is 23.8 Å². The van der Waals surface area contributed by atoms with Crippen LogP contribution in [-0.2, 0) is 6.42 Å². The first kappa shape index (κ1) is 10.8. The fourth-order valence-electron chi connectivity index (χ4n) is 3.14. The van der Waals surface area contributed by atoms with Crippen molar-refractivity contribution >= 4 is 10.9 Å². The SMILES string of the molecule is c1ccc2c3c([nH]c2c1)[C@@H](c1ccncc1)[NH2+]CC3. The highest BCUT2D eigenvalue weighted by Gasteiger charge is 2.28. The molecule has 0 amide bonds. The minimum Gasteiger partial charge on any atom is -0.353 e. The van der Waals surface area contributed by atoms with Crippen molar-refractivity contribution in [3.8, 4) is 0 Å². The quantitative estimate of drug-likeness (QED) is 0.679. The van der Waals surface area contributed by atoms with Crippen molar-refractivity contribution in [2.24, 2.45) is 0 Å². The van der Waals surface area contributed by atoms with Gasteiger partial charge in [-0.25, -0.2) is 0 Å². The number of fused-ring (bicyclic) bond motifs is 3. The number of pyridine rings is 1. The molecule has 3 aromatic rings. The van der Waals surface area contributed by atoms with Crippen LogP contribution >= 0.6 is 0 Å². The largest absolute Gasteiger partial charge is 0.353 e. The minimum atomic E-state index is 0.374. The molecule has 0 radical (unpaired) electrons. The summed E-state index contributed by atoms with van der Waals surface area (Å²) in [7, 11) is 0. The number of aromatic amines is 1. The molecule has 0 unspecified atom stereocenters. The lowest BCUT2D eigenvalue weighted by atomic mass is 9.95. The summed E-state index contributed by atoms with van der Waals surface area (Å²) >= 11 is 0. The number of hydrogen-bond donors (Lipinski definition) is 2. The van der Waals surface area contributed by atoms with Crippen molar-refractivity contribution in [1.29, 1.82) is 0 Å². The first-order valence-electron chi connectivity index (χ1n) is 6.76. The van der Waals surface area contributed by atoms with Crippen molar-refractivity contribution in [3.05, 3.63) is 65.6 Å². The Balaban J connectivity index is 1.91. The van der Waals surface area contributed by atoms with E-state index in [1.165, 1.54) is 27.7 Å². The number of para-hydroxylation sites is 1. The summed E-state index contributed by atoms with van der Waals surface area (Å²) in [6.07, 6.45) is 4.89. The molecule has 19 heavy (non-hydrogen) atoms. The average Bonchev–Trinajstić information content (AvgIpc) is 2.87. The third-order valence-electron chi connectivity index (χ3n) is 4.02. The number of quaternary nitrogens is 1. The third-order valence-corrected chi connectivity index (χ3v) is 4.02. The van der Waals surface area contributed by atoms with Crippen LogP contribution in [0.4, 0.5) is 0 Å². The molecule has 1 atom stereocenters. The summed E-state index contributed by atoms with van der Waals surface area (Å²) in [6, 6.07) is 13.2. The Kier molecular flexibility index (Phi) is 2.38. The van der Waals surface area contributed by atoms with Crippen LogP contribution < -0.4 is 5.32 Å². The maximum atomic E-state index is 4.11. The Morgan fingerprint density at radius 3 is 2.84 bits per heavy atom. The highest BCUT2D eigenvalue weighted by Crippen LogP contribution is 2.30. The van der Waals surface area contributed by atoms with E-state index in [4.69, 9.17) is 0 Å². The zero-order valence-corrected chi connectivity index (χ0v) is 10.6. The first-order valence-corrected chi connectivity index (χ1v) is 6.76. The fourth-order valence-corrected chi connectivity index (χ4v) is 3.14. The topological polar surface area (TPSA) is 45.3 Å². The van der Waals surface area contributed by atoms with E-state index in [1.54, 1.807) is 0 Å². The molecule has 1 aromatic carbocycles. The zero-order chi connectivity index (χ0) is 12.7. The summed E-state index contributed by atoms with van der Waals surface area (Å²) in [5, 5.41) is 3.79. The summed E-state index contributed by atoms with van der Waals surface area (Å²) < 4.78 is 0. The molecule has 0 spiro atoms. The van der Waals surface area contributed by atoms with Crippen LogP contribution in [-0.4, -0.2) is 16.5 Å². The van der Waals surface area contributed by atoms with Gasteiger partial charge in [0.05, 0.1) is 12.2 Å². The molecule has 3 heteroatoms. The van der Waals surface area contributed by atoms with Gasteiger partial charge in [-0.1, -0.05) is 18.2 Å². The van der Waals surface area contributed by atoms with Gasteiger partial charge in [0, 0.05) is 35.3 Å². The fraction of sp³-hybridized carbons (Fsp3) is 0.188. The van der Waals surface area contributed by atoms with Gasteiger partial charge in [0.2, 0.25) is 0 Å². The van der Waals surface area contributed by atoms with E-state index in [9.17, 15) is 0 Å². The second-order valence-electron chi connectivity index (χ2n) is 5.10. The molecule has 1 aliphatic heterocycles. The van der Waals surface area contributed by atoms with Crippen molar-refractivity contribution in [2.75, 3.05) is 6.54 Å². The molecule has 0 saturated heterocycles. The van der Waals surface area contributed by atoms with E-state index in [0.717, 1.165) is 13.0 Å². The molecule has 3 N–H and O–H groups in total. The van der Waals surface area contributed by atoms with Crippen LogP contribution in [0.5, 0.6) is 0 Å². The number of hydrogen-bond acceptors (Lipinski definition) is 1. The number of nitrogens with two attached hydrogens (primary N) is 1. The maximum absolute atomic E-state index is 4.11.